The van der Waals surface area contributed by atoms with Crippen molar-refractivity contribution in [2.75, 3.05) is 6.54 Å². The van der Waals surface area contributed by atoms with Crippen LogP contribution in [-0.2, 0) is 6.42 Å². The lowest BCUT2D eigenvalue weighted by Gasteiger charge is -1.99. The normalized spacial score (nSPS) is 10.6. The maximum atomic E-state index is 10.7. The van der Waals surface area contributed by atoms with Crippen LogP contribution in [0.4, 0.5) is 5.69 Å². The second kappa shape index (κ2) is 5.57. The fraction of sp³-hybridized carbons (Fsp3) is 0.333. The van der Waals surface area contributed by atoms with Crippen molar-refractivity contribution in [1.29, 1.82) is 0 Å². The Kier molecular flexibility index (Phi) is 3.86. The van der Waals surface area contributed by atoms with Crippen molar-refractivity contribution in [3.8, 4) is 11.5 Å². The summed E-state index contributed by atoms with van der Waals surface area (Å²) in [5.74, 6) is 0.970. The van der Waals surface area contributed by atoms with Crippen LogP contribution in [0, 0.1) is 17.0 Å². The molecule has 0 fully saturated rings. The molecule has 2 aromatic rings. The van der Waals surface area contributed by atoms with Crippen LogP contribution in [0.25, 0.3) is 11.5 Å². The first-order valence-corrected chi connectivity index (χ1v) is 5.90. The molecule has 0 atom stereocenters. The van der Waals surface area contributed by atoms with Gasteiger partial charge < -0.3 is 10.3 Å². The summed E-state index contributed by atoms with van der Waals surface area (Å²) in [5.41, 5.74) is 6.89. The number of aryl methyl sites for hydroxylation is 2. The molecule has 0 aliphatic heterocycles. The van der Waals surface area contributed by atoms with Crippen LogP contribution in [0.3, 0.4) is 0 Å². The standard InChI is InChI=1S/C12H14N4O3/c1-8-7-9(16(17)18)4-5-10(8)12-14-11(15-19-12)3-2-6-13/h4-5,7H,2-3,6,13H2,1H3. The van der Waals surface area contributed by atoms with Gasteiger partial charge in [-0.3, -0.25) is 10.1 Å². The molecule has 0 aliphatic rings. The summed E-state index contributed by atoms with van der Waals surface area (Å²) in [6.07, 6.45) is 1.45. The third-order valence-corrected chi connectivity index (χ3v) is 2.72. The van der Waals surface area contributed by atoms with E-state index < -0.39 is 4.92 Å². The fourth-order valence-electron chi connectivity index (χ4n) is 1.73. The molecule has 0 bridgehead atoms. The molecule has 2 rings (SSSR count). The molecule has 0 aliphatic carbocycles. The zero-order valence-corrected chi connectivity index (χ0v) is 10.5. The second-order valence-corrected chi connectivity index (χ2v) is 4.16. The van der Waals surface area contributed by atoms with E-state index in [1.807, 2.05) is 0 Å². The maximum absolute atomic E-state index is 10.7. The predicted molar refractivity (Wildman–Crippen MR) is 68.5 cm³/mol. The Labute approximate surface area is 109 Å². The van der Waals surface area contributed by atoms with Gasteiger partial charge in [-0.1, -0.05) is 5.16 Å². The number of nitrogens with zero attached hydrogens (tertiary/aromatic N) is 3. The van der Waals surface area contributed by atoms with E-state index in [1.165, 1.54) is 12.1 Å². The van der Waals surface area contributed by atoms with Crippen molar-refractivity contribution in [3.63, 3.8) is 0 Å². The third-order valence-electron chi connectivity index (χ3n) is 2.72. The molecule has 7 heteroatoms. The van der Waals surface area contributed by atoms with E-state index in [4.69, 9.17) is 10.3 Å². The van der Waals surface area contributed by atoms with E-state index in [-0.39, 0.29) is 5.69 Å². The van der Waals surface area contributed by atoms with Crippen molar-refractivity contribution in [2.45, 2.75) is 19.8 Å². The number of nitrogens with two attached hydrogens (primary N) is 1. The lowest BCUT2D eigenvalue weighted by atomic mass is 10.1. The number of benzene rings is 1. The predicted octanol–water partition coefficient (Wildman–Crippen LogP) is 1.84. The van der Waals surface area contributed by atoms with Gasteiger partial charge in [-0.05, 0) is 31.5 Å². The molecular weight excluding hydrogens is 248 g/mol. The minimum Gasteiger partial charge on any atom is -0.334 e. The number of nitro groups is 1. The van der Waals surface area contributed by atoms with Gasteiger partial charge in [0, 0.05) is 24.1 Å². The molecule has 19 heavy (non-hydrogen) atoms. The third kappa shape index (κ3) is 2.94. The Hall–Kier alpha value is -2.28. The number of nitro benzene ring substituents is 1. The van der Waals surface area contributed by atoms with E-state index in [1.54, 1.807) is 13.0 Å². The zero-order valence-electron chi connectivity index (χ0n) is 10.5. The van der Waals surface area contributed by atoms with Gasteiger partial charge >= 0.3 is 0 Å². The first kappa shape index (κ1) is 13.2. The van der Waals surface area contributed by atoms with E-state index in [9.17, 15) is 10.1 Å². The molecule has 100 valence electrons. The summed E-state index contributed by atoms with van der Waals surface area (Å²) in [4.78, 5) is 14.5. The molecule has 1 heterocycles. The molecule has 7 nitrogen and oxygen atoms in total. The Bertz CT molecular complexity index is 594. The smallest absolute Gasteiger partial charge is 0.269 e. The lowest BCUT2D eigenvalue weighted by Crippen LogP contribution is -2.01. The van der Waals surface area contributed by atoms with Crippen LogP contribution in [-0.4, -0.2) is 21.6 Å². The molecule has 0 saturated carbocycles. The van der Waals surface area contributed by atoms with Gasteiger partial charge in [0.25, 0.3) is 11.6 Å². The van der Waals surface area contributed by atoms with Crippen molar-refractivity contribution in [2.24, 2.45) is 5.73 Å². The highest BCUT2D eigenvalue weighted by Crippen LogP contribution is 2.25. The number of hydrogen-bond donors (Lipinski definition) is 1. The van der Waals surface area contributed by atoms with Gasteiger partial charge in [0.05, 0.1) is 4.92 Å². The maximum Gasteiger partial charge on any atom is 0.269 e. The SMILES string of the molecule is Cc1cc([N+](=O)[O-])ccc1-c1nc(CCCN)no1. The molecule has 0 saturated heterocycles. The minimum atomic E-state index is -0.433. The van der Waals surface area contributed by atoms with Gasteiger partial charge in [-0.2, -0.15) is 4.98 Å². The zero-order chi connectivity index (χ0) is 13.8. The van der Waals surface area contributed by atoms with Crippen LogP contribution in [0.5, 0.6) is 0 Å². The summed E-state index contributed by atoms with van der Waals surface area (Å²) in [5, 5.41) is 14.5. The quantitative estimate of drug-likeness (QED) is 0.650. The summed E-state index contributed by atoms with van der Waals surface area (Å²) in [6, 6.07) is 4.53. The highest BCUT2D eigenvalue weighted by atomic mass is 16.6. The topological polar surface area (TPSA) is 108 Å². The Morgan fingerprint density at radius 1 is 1.47 bits per heavy atom. The highest BCUT2D eigenvalue weighted by Gasteiger charge is 2.14. The first-order chi connectivity index (χ1) is 9.11. The summed E-state index contributed by atoms with van der Waals surface area (Å²) in [7, 11) is 0. The van der Waals surface area contributed by atoms with Crippen molar-refractivity contribution in [1.82, 2.24) is 10.1 Å². The summed E-state index contributed by atoms with van der Waals surface area (Å²) in [6.45, 7) is 2.34. The Morgan fingerprint density at radius 3 is 2.89 bits per heavy atom. The number of aromatic nitrogens is 2. The number of rotatable bonds is 5. The van der Waals surface area contributed by atoms with Gasteiger partial charge in [0.15, 0.2) is 5.82 Å². The summed E-state index contributed by atoms with van der Waals surface area (Å²) >= 11 is 0. The van der Waals surface area contributed by atoms with Gasteiger partial charge in [-0.15, -0.1) is 0 Å². The Morgan fingerprint density at radius 2 is 2.26 bits per heavy atom. The number of hydrogen-bond acceptors (Lipinski definition) is 6. The Balaban J connectivity index is 2.26. The van der Waals surface area contributed by atoms with Crippen molar-refractivity contribution < 1.29 is 9.45 Å². The van der Waals surface area contributed by atoms with Gasteiger partial charge in [0.1, 0.15) is 0 Å². The van der Waals surface area contributed by atoms with Crippen molar-refractivity contribution in [3.05, 3.63) is 39.7 Å². The molecule has 0 spiro atoms. The molecule has 2 N–H and O–H groups in total. The van der Waals surface area contributed by atoms with Crippen LogP contribution >= 0.6 is 0 Å². The molecule has 0 amide bonds. The minimum absolute atomic E-state index is 0.0455. The van der Waals surface area contributed by atoms with Crippen LogP contribution in [0.2, 0.25) is 0 Å². The summed E-state index contributed by atoms with van der Waals surface area (Å²) < 4.78 is 5.16. The van der Waals surface area contributed by atoms with Crippen LogP contribution in [0.15, 0.2) is 22.7 Å². The number of non-ortho nitro benzene ring substituents is 1. The molecule has 0 radical (unpaired) electrons. The fourth-order valence-corrected chi connectivity index (χ4v) is 1.73. The van der Waals surface area contributed by atoms with E-state index in [0.29, 0.717) is 30.2 Å². The monoisotopic (exact) mass is 262 g/mol. The van der Waals surface area contributed by atoms with Gasteiger partial charge in [-0.25, -0.2) is 0 Å². The van der Waals surface area contributed by atoms with E-state index >= 15 is 0 Å². The first-order valence-electron chi connectivity index (χ1n) is 5.90. The van der Waals surface area contributed by atoms with Crippen LogP contribution in [0.1, 0.15) is 17.8 Å². The van der Waals surface area contributed by atoms with E-state index in [2.05, 4.69) is 10.1 Å². The van der Waals surface area contributed by atoms with Crippen LogP contribution < -0.4 is 5.73 Å². The highest BCUT2D eigenvalue weighted by molar-refractivity contribution is 5.60. The average molecular weight is 262 g/mol. The second-order valence-electron chi connectivity index (χ2n) is 4.16. The average Bonchev–Trinajstić information content (AvgIpc) is 2.84. The molecular formula is C12H14N4O3. The molecule has 1 aromatic heterocycles. The molecule has 0 unspecified atom stereocenters. The molecule has 1 aromatic carbocycles. The van der Waals surface area contributed by atoms with E-state index in [0.717, 1.165) is 12.0 Å². The van der Waals surface area contributed by atoms with Crippen molar-refractivity contribution >= 4 is 5.69 Å². The lowest BCUT2D eigenvalue weighted by molar-refractivity contribution is -0.384. The van der Waals surface area contributed by atoms with Gasteiger partial charge in [0.2, 0.25) is 0 Å². The largest absolute Gasteiger partial charge is 0.334 e.